The van der Waals surface area contributed by atoms with E-state index in [-0.39, 0.29) is 11.2 Å². The molecule has 0 bridgehead atoms. The number of benzene rings is 1. The summed E-state index contributed by atoms with van der Waals surface area (Å²) in [6, 6.07) is 6.21. The van der Waals surface area contributed by atoms with E-state index in [1.807, 2.05) is 19.9 Å². The molecule has 1 aromatic carbocycles. The molecular formula is C13H14O2. The van der Waals surface area contributed by atoms with Crippen LogP contribution in [0.3, 0.4) is 0 Å². The molecule has 2 nitrogen and oxygen atoms in total. The van der Waals surface area contributed by atoms with Gasteiger partial charge in [0.2, 0.25) is 0 Å². The van der Waals surface area contributed by atoms with Crippen molar-refractivity contribution in [3.8, 4) is 5.75 Å². The van der Waals surface area contributed by atoms with E-state index in [0.29, 0.717) is 6.42 Å². The molecule has 0 saturated heterocycles. The van der Waals surface area contributed by atoms with E-state index >= 15 is 0 Å². The molecule has 0 radical (unpaired) electrons. The summed E-state index contributed by atoms with van der Waals surface area (Å²) >= 11 is 0. The maximum Gasteiger partial charge on any atom is 0.178 e. The van der Waals surface area contributed by atoms with Crippen LogP contribution in [0.1, 0.15) is 31.4 Å². The van der Waals surface area contributed by atoms with Gasteiger partial charge in [0.15, 0.2) is 11.4 Å². The number of Topliss-reactive ketones (excluding diaryl/α,β-unsaturated/α-hetero) is 1. The van der Waals surface area contributed by atoms with E-state index < -0.39 is 5.60 Å². The third kappa shape index (κ3) is 0.796. The van der Waals surface area contributed by atoms with Crippen LogP contribution in [0, 0.1) is 6.92 Å². The number of fused-ring (bicyclic) bond motifs is 3. The van der Waals surface area contributed by atoms with Crippen LogP contribution < -0.4 is 4.74 Å². The highest BCUT2D eigenvalue weighted by atomic mass is 16.5. The van der Waals surface area contributed by atoms with Gasteiger partial charge < -0.3 is 4.74 Å². The summed E-state index contributed by atoms with van der Waals surface area (Å²) in [5, 5.41) is 0. The van der Waals surface area contributed by atoms with E-state index in [1.54, 1.807) is 0 Å². The first kappa shape index (κ1) is 8.96. The fourth-order valence-electron chi connectivity index (χ4n) is 2.77. The molecule has 2 aliphatic rings. The van der Waals surface area contributed by atoms with E-state index in [9.17, 15) is 4.79 Å². The van der Waals surface area contributed by atoms with Crippen molar-refractivity contribution >= 4 is 5.78 Å². The van der Waals surface area contributed by atoms with Crippen molar-refractivity contribution in [2.24, 2.45) is 0 Å². The summed E-state index contributed by atoms with van der Waals surface area (Å²) in [6.45, 7) is 6.07. The largest absolute Gasteiger partial charge is 0.479 e. The predicted octanol–water partition coefficient (Wildman–Crippen LogP) is 2.38. The van der Waals surface area contributed by atoms with E-state index in [1.165, 1.54) is 11.1 Å². The summed E-state index contributed by atoms with van der Waals surface area (Å²) in [7, 11) is 0. The lowest BCUT2D eigenvalue weighted by atomic mass is 9.56. The lowest BCUT2D eigenvalue weighted by molar-refractivity contribution is -0.152. The van der Waals surface area contributed by atoms with Gasteiger partial charge in [-0.25, -0.2) is 0 Å². The van der Waals surface area contributed by atoms with Crippen molar-refractivity contribution in [3.05, 3.63) is 29.3 Å². The molecule has 2 heteroatoms. The minimum absolute atomic E-state index is 0.104. The molecule has 2 unspecified atom stereocenters. The van der Waals surface area contributed by atoms with Crippen LogP contribution in [0.5, 0.6) is 5.75 Å². The summed E-state index contributed by atoms with van der Waals surface area (Å²) in [4.78, 5) is 11.7. The molecule has 1 fully saturated rings. The SMILES string of the molecule is Cc1ccc2c(c1)OC1(C)C(=O)CC21C. The van der Waals surface area contributed by atoms with Crippen molar-refractivity contribution in [1.82, 2.24) is 0 Å². The first-order valence-electron chi connectivity index (χ1n) is 5.31. The molecule has 2 atom stereocenters. The van der Waals surface area contributed by atoms with Gasteiger partial charge in [0.05, 0.1) is 0 Å². The van der Waals surface area contributed by atoms with Crippen molar-refractivity contribution in [3.63, 3.8) is 0 Å². The number of ketones is 1. The van der Waals surface area contributed by atoms with Gasteiger partial charge in [0, 0.05) is 17.4 Å². The van der Waals surface area contributed by atoms with Gasteiger partial charge in [0.1, 0.15) is 5.75 Å². The van der Waals surface area contributed by atoms with E-state index in [4.69, 9.17) is 4.74 Å². The predicted molar refractivity (Wildman–Crippen MR) is 57.2 cm³/mol. The second-order valence-electron chi connectivity index (χ2n) is 5.07. The smallest absolute Gasteiger partial charge is 0.178 e. The Kier molecular flexibility index (Phi) is 1.35. The van der Waals surface area contributed by atoms with Gasteiger partial charge in [0.25, 0.3) is 0 Å². The highest BCUT2D eigenvalue weighted by Crippen LogP contribution is 2.58. The second-order valence-corrected chi connectivity index (χ2v) is 5.07. The summed E-state index contributed by atoms with van der Waals surface area (Å²) in [5.41, 5.74) is 1.65. The van der Waals surface area contributed by atoms with Crippen molar-refractivity contribution in [1.29, 1.82) is 0 Å². The summed E-state index contributed by atoms with van der Waals surface area (Å²) < 4.78 is 5.84. The fourth-order valence-corrected chi connectivity index (χ4v) is 2.77. The number of rotatable bonds is 0. The van der Waals surface area contributed by atoms with Gasteiger partial charge in [-0.3, -0.25) is 4.79 Å². The number of carbonyl (C=O) groups is 1. The first-order valence-corrected chi connectivity index (χ1v) is 5.31. The number of hydrogen-bond acceptors (Lipinski definition) is 2. The van der Waals surface area contributed by atoms with Crippen LogP contribution in [0.15, 0.2) is 18.2 Å². The van der Waals surface area contributed by atoms with Gasteiger partial charge >= 0.3 is 0 Å². The number of ether oxygens (including phenoxy) is 1. The zero-order chi connectivity index (χ0) is 10.8. The first-order chi connectivity index (χ1) is 6.97. The Morgan fingerprint density at radius 3 is 2.73 bits per heavy atom. The zero-order valence-corrected chi connectivity index (χ0v) is 9.26. The van der Waals surface area contributed by atoms with Gasteiger partial charge in [-0.15, -0.1) is 0 Å². The van der Waals surface area contributed by atoms with E-state index in [2.05, 4.69) is 19.1 Å². The molecule has 1 saturated carbocycles. The number of carbonyl (C=O) groups excluding carboxylic acids is 1. The quantitative estimate of drug-likeness (QED) is 0.645. The highest BCUT2D eigenvalue weighted by molar-refractivity contribution is 5.99. The highest BCUT2D eigenvalue weighted by Gasteiger charge is 2.67. The average Bonchev–Trinajstić information content (AvgIpc) is 2.33. The average molecular weight is 202 g/mol. The molecule has 78 valence electrons. The molecular weight excluding hydrogens is 188 g/mol. The molecule has 1 aliphatic heterocycles. The maximum absolute atomic E-state index is 11.7. The lowest BCUT2D eigenvalue weighted by Gasteiger charge is -2.47. The normalized spacial score (nSPS) is 36.6. The van der Waals surface area contributed by atoms with Gasteiger partial charge in [-0.2, -0.15) is 0 Å². The Bertz CT molecular complexity index is 477. The standard InChI is InChI=1S/C13H14O2/c1-8-4-5-9-10(6-8)15-13(3)11(14)7-12(9,13)2/h4-6H,7H2,1-3H3. The minimum Gasteiger partial charge on any atom is -0.479 e. The molecule has 0 aromatic heterocycles. The van der Waals surface area contributed by atoms with Crippen LogP contribution in [-0.2, 0) is 10.2 Å². The molecule has 0 N–H and O–H groups in total. The van der Waals surface area contributed by atoms with Crippen molar-refractivity contribution in [2.75, 3.05) is 0 Å². The minimum atomic E-state index is -0.608. The van der Waals surface area contributed by atoms with Crippen LogP contribution in [0.2, 0.25) is 0 Å². The number of aryl methyl sites for hydroxylation is 1. The maximum atomic E-state index is 11.7. The Balaban J connectivity index is 2.21. The van der Waals surface area contributed by atoms with Crippen molar-refractivity contribution < 1.29 is 9.53 Å². The Morgan fingerprint density at radius 2 is 2.07 bits per heavy atom. The Hall–Kier alpha value is -1.31. The lowest BCUT2D eigenvalue weighted by Crippen LogP contribution is -2.64. The summed E-state index contributed by atoms with van der Waals surface area (Å²) in [6.07, 6.45) is 0.611. The molecule has 0 amide bonds. The molecule has 3 rings (SSSR count). The Morgan fingerprint density at radius 1 is 1.33 bits per heavy atom. The fraction of sp³-hybridized carbons (Fsp3) is 0.462. The van der Waals surface area contributed by atoms with Crippen LogP contribution in [-0.4, -0.2) is 11.4 Å². The van der Waals surface area contributed by atoms with Crippen LogP contribution >= 0.6 is 0 Å². The zero-order valence-electron chi connectivity index (χ0n) is 9.26. The third-order valence-electron chi connectivity index (χ3n) is 4.14. The topological polar surface area (TPSA) is 26.3 Å². The molecule has 1 aromatic rings. The van der Waals surface area contributed by atoms with E-state index in [0.717, 1.165) is 5.75 Å². The van der Waals surface area contributed by atoms with Crippen molar-refractivity contribution in [2.45, 2.75) is 38.2 Å². The van der Waals surface area contributed by atoms with Gasteiger partial charge in [-0.1, -0.05) is 19.1 Å². The molecule has 15 heavy (non-hydrogen) atoms. The van der Waals surface area contributed by atoms with Crippen LogP contribution in [0.25, 0.3) is 0 Å². The molecule has 1 heterocycles. The van der Waals surface area contributed by atoms with Gasteiger partial charge in [-0.05, 0) is 25.5 Å². The molecule has 1 aliphatic carbocycles. The summed E-state index contributed by atoms with van der Waals surface area (Å²) in [5.74, 6) is 1.12. The monoisotopic (exact) mass is 202 g/mol. The molecule has 0 spiro atoms. The third-order valence-corrected chi connectivity index (χ3v) is 4.14. The second kappa shape index (κ2) is 2.26. The van der Waals surface area contributed by atoms with Crippen LogP contribution in [0.4, 0.5) is 0 Å². The number of hydrogen-bond donors (Lipinski definition) is 0. The Labute approximate surface area is 89.2 Å².